The van der Waals surface area contributed by atoms with Crippen LogP contribution in [-0.2, 0) is 6.18 Å². The Balaban J connectivity index is 2.46. The predicted octanol–water partition coefficient (Wildman–Crippen LogP) is 6.16. The molecule has 20 heavy (non-hydrogen) atoms. The fourth-order valence-electron chi connectivity index (χ4n) is 1.49. The Labute approximate surface area is 128 Å². The molecule has 0 radical (unpaired) electrons. The van der Waals surface area contributed by atoms with E-state index in [1.54, 1.807) is 0 Å². The second kappa shape index (κ2) is 5.73. The Kier molecular flexibility index (Phi) is 4.39. The summed E-state index contributed by atoms with van der Waals surface area (Å²) in [5, 5.41) is 0. The quantitative estimate of drug-likeness (QED) is 0.535. The normalized spacial score (nSPS) is 11.5. The molecule has 7 heteroatoms. The molecule has 0 aliphatic rings. The van der Waals surface area contributed by atoms with E-state index >= 15 is 0 Å². The van der Waals surface area contributed by atoms with Crippen LogP contribution >= 0.6 is 31.9 Å². The second-order valence-electron chi connectivity index (χ2n) is 3.82. The Morgan fingerprint density at radius 1 is 0.900 bits per heavy atom. The largest absolute Gasteiger partial charge is 0.455 e. The van der Waals surface area contributed by atoms with E-state index < -0.39 is 23.3 Å². The van der Waals surface area contributed by atoms with Gasteiger partial charge in [0.2, 0.25) is 0 Å². The highest BCUT2D eigenvalue weighted by atomic mass is 79.9. The van der Waals surface area contributed by atoms with Crippen molar-refractivity contribution in [2.75, 3.05) is 0 Å². The second-order valence-corrected chi connectivity index (χ2v) is 5.59. The molecule has 0 aliphatic carbocycles. The Morgan fingerprint density at radius 3 is 2.25 bits per heavy atom. The number of rotatable bonds is 2. The van der Waals surface area contributed by atoms with Gasteiger partial charge in [0.05, 0.1) is 10.0 Å². The van der Waals surface area contributed by atoms with Crippen LogP contribution in [0.25, 0.3) is 0 Å². The molecule has 2 aromatic carbocycles. The molecule has 1 nitrogen and oxygen atoms in total. The molecule has 0 unspecified atom stereocenters. The van der Waals surface area contributed by atoms with E-state index in [4.69, 9.17) is 4.74 Å². The van der Waals surface area contributed by atoms with Gasteiger partial charge in [0, 0.05) is 10.5 Å². The van der Waals surface area contributed by atoms with Gasteiger partial charge in [-0.15, -0.1) is 0 Å². The van der Waals surface area contributed by atoms with Crippen molar-refractivity contribution in [3.63, 3.8) is 0 Å². The van der Waals surface area contributed by atoms with Crippen molar-refractivity contribution in [1.29, 1.82) is 0 Å². The maximum Gasteiger partial charge on any atom is 0.420 e. The van der Waals surface area contributed by atoms with E-state index in [0.717, 1.165) is 12.1 Å². The molecule has 0 heterocycles. The number of halogens is 6. The molecule has 106 valence electrons. The number of ether oxygens (including phenoxy) is 1. The Bertz CT molecular complexity index is 641. The summed E-state index contributed by atoms with van der Waals surface area (Å²) in [6, 6.07) is 7.02. The average molecular weight is 414 g/mol. The zero-order chi connectivity index (χ0) is 14.9. The van der Waals surface area contributed by atoms with Crippen LogP contribution in [0.5, 0.6) is 11.5 Å². The molecule has 0 spiro atoms. The molecule has 0 saturated heterocycles. The van der Waals surface area contributed by atoms with Gasteiger partial charge in [-0.3, -0.25) is 0 Å². The van der Waals surface area contributed by atoms with Crippen molar-refractivity contribution in [1.82, 2.24) is 0 Å². The Morgan fingerprint density at radius 2 is 1.60 bits per heavy atom. The summed E-state index contributed by atoms with van der Waals surface area (Å²) >= 11 is 6.07. The van der Waals surface area contributed by atoms with Gasteiger partial charge in [-0.2, -0.15) is 13.2 Å². The van der Waals surface area contributed by atoms with Crippen LogP contribution in [-0.4, -0.2) is 0 Å². The van der Waals surface area contributed by atoms with Gasteiger partial charge in [0.25, 0.3) is 0 Å². The van der Waals surface area contributed by atoms with Crippen molar-refractivity contribution in [3.05, 3.63) is 56.7 Å². The van der Waals surface area contributed by atoms with E-state index in [1.807, 2.05) is 0 Å². The summed E-state index contributed by atoms with van der Waals surface area (Å²) in [5.74, 6) is -1.03. The van der Waals surface area contributed by atoms with Gasteiger partial charge in [-0.1, -0.05) is 15.9 Å². The van der Waals surface area contributed by atoms with Crippen LogP contribution in [0.15, 0.2) is 45.3 Å². The zero-order valence-corrected chi connectivity index (χ0v) is 12.8. The Hall–Kier alpha value is -1.08. The summed E-state index contributed by atoms with van der Waals surface area (Å²) in [4.78, 5) is 0. The third-order valence-electron chi connectivity index (χ3n) is 2.36. The number of hydrogen-bond acceptors (Lipinski definition) is 1. The lowest BCUT2D eigenvalue weighted by Crippen LogP contribution is -2.07. The van der Waals surface area contributed by atoms with Crippen molar-refractivity contribution < 1.29 is 22.3 Å². The van der Waals surface area contributed by atoms with Gasteiger partial charge in [-0.25, -0.2) is 4.39 Å². The molecular weight excluding hydrogens is 408 g/mol. The standard InChI is InChI=1S/C13H6Br2F4O/c14-7-1-4-11(9(5-7)13(17,18)19)20-12-6-8(16)2-3-10(12)15/h1-6H. The molecule has 2 rings (SSSR count). The zero-order valence-electron chi connectivity index (χ0n) is 9.64. The molecule has 2 aromatic rings. The lowest BCUT2D eigenvalue weighted by atomic mass is 10.2. The first-order valence-corrected chi connectivity index (χ1v) is 6.85. The average Bonchev–Trinajstić information content (AvgIpc) is 2.34. The summed E-state index contributed by atoms with van der Waals surface area (Å²) in [7, 11) is 0. The van der Waals surface area contributed by atoms with Gasteiger partial charge in [0.1, 0.15) is 17.3 Å². The van der Waals surface area contributed by atoms with Crippen LogP contribution in [0.1, 0.15) is 5.56 Å². The summed E-state index contributed by atoms with van der Waals surface area (Å²) in [6.45, 7) is 0. The van der Waals surface area contributed by atoms with E-state index in [1.165, 1.54) is 24.3 Å². The van der Waals surface area contributed by atoms with E-state index in [-0.39, 0.29) is 10.2 Å². The maximum absolute atomic E-state index is 13.1. The number of alkyl halides is 3. The molecule has 0 bridgehead atoms. The van der Waals surface area contributed by atoms with E-state index in [0.29, 0.717) is 4.47 Å². The van der Waals surface area contributed by atoms with Gasteiger partial charge in [0.15, 0.2) is 0 Å². The van der Waals surface area contributed by atoms with Gasteiger partial charge < -0.3 is 4.74 Å². The van der Waals surface area contributed by atoms with Gasteiger partial charge >= 0.3 is 6.18 Å². The molecule has 0 N–H and O–H groups in total. The minimum atomic E-state index is -4.57. The van der Waals surface area contributed by atoms with Crippen LogP contribution in [0.4, 0.5) is 17.6 Å². The molecular formula is C13H6Br2F4O. The highest BCUT2D eigenvalue weighted by Crippen LogP contribution is 2.41. The van der Waals surface area contributed by atoms with Crippen molar-refractivity contribution in [2.24, 2.45) is 0 Å². The third kappa shape index (κ3) is 3.52. The summed E-state index contributed by atoms with van der Waals surface area (Å²) in [6.07, 6.45) is -4.57. The molecule has 0 amide bonds. The first-order valence-electron chi connectivity index (χ1n) is 5.27. The van der Waals surface area contributed by atoms with E-state index in [2.05, 4.69) is 31.9 Å². The van der Waals surface area contributed by atoms with Gasteiger partial charge in [-0.05, 0) is 46.3 Å². The molecule has 0 fully saturated rings. The highest BCUT2D eigenvalue weighted by Gasteiger charge is 2.35. The van der Waals surface area contributed by atoms with E-state index in [9.17, 15) is 17.6 Å². The number of hydrogen-bond donors (Lipinski definition) is 0. The SMILES string of the molecule is Fc1ccc(Br)c(Oc2ccc(Br)cc2C(F)(F)F)c1. The molecule has 0 aromatic heterocycles. The lowest BCUT2D eigenvalue weighted by molar-refractivity contribution is -0.138. The molecule has 0 saturated carbocycles. The van der Waals surface area contributed by atoms with Crippen LogP contribution in [0, 0.1) is 5.82 Å². The highest BCUT2D eigenvalue weighted by molar-refractivity contribution is 9.10. The maximum atomic E-state index is 13.1. The molecule has 0 aliphatic heterocycles. The third-order valence-corrected chi connectivity index (χ3v) is 3.51. The summed E-state index contributed by atoms with van der Waals surface area (Å²) in [5.41, 5.74) is -0.942. The first kappa shape index (κ1) is 15.3. The fourth-order valence-corrected chi connectivity index (χ4v) is 2.18. The summed E-state index contributed by atoms with van der Waals surface area (Å²) < 4.78 is 57.7. The minimum Gasteiger partial charge on any atom is -0.455 e. The molecule has 0 atom stereocenters. The smallest absolute Gasteiger partial charge is 0.420 e. The van der Waals surface area contributed by atoms with Crippen molar-refractivity contribution >= 4 is 31.9 Å². The van der Waals surface area contributed by atoms with Crippen molar-refractivity contribution in [3.8, 4) is 11.5 Å². The lowest BCUT2D eigenvalue weighted by Gasteiger charge is -2.15. The minimum absolute atomic E-state index is 0.0298. The van der Waals surface area contributed by atoms with Crippen LogP contribution < -0.4 is 4.74 Å². The number of benzene rings is 2. The van der Waals surface area contributed by atoms with Crippen molar-refractivity contribution in [2.45, 2.75) is 6.18 Å². The van der Waals surface area contributed by atoms with Crippen LogP contribution in [0.3, 0.4) is 0 Å². The monoisotopic (exact) mass is 412 g/mol. The first-order chi connectivity index (χ1) is 9.27. The fraction of sp³-hybridized carbons (Fsp3) is 0.0769. The predicted molar refractivity (Wildman–Crippen MR) is 73.3 cm³/mol. The van der Waals surface area contributed by atoms with Crippen LogP contribution in [0.2, 0.25) is 0 Å². The topological polar surface area (TPSA) is 9.23 Å².